The van der Waals surface area contributed by atoms with Crippen molar-refractivity contribution < 1.29 is 21.9 Å². The van der Waals surface area contributed by atoms with Crippen LogP contribution in [0, 0.1) is 5.92 Å². The van der Waals surface area contributed by atoms with E-state index in [4.69, 9.17) is 13.0 Å². The van der Waals surface area contributed by atoms with Crippen molar-refractivity contribution >= 4 is 10.1 Å². The second kappa shape index (κ2) is 8.14. The molecule has 0 aliphatic heterocycles. The highest BCUT2D eigenvalue weighted by atomic mass is 32.2. The highest BCUT2D eigenvalue weighted by Gasteiger charge is 1.99. The third kappa shape index (κ3) is 11.3. The maximum absolute atomic E-state index is 10.6. The van der Waals surface area contributed by atoms with Gasteiger partial charge in [0.05, 0.1) is 0 Å². The number of rotatable bonds is 4. The lowest BCUT2D eigenvalue weighted by Gasteiger charge is -1.99. The van der Waals surface area contributed by atoms with Gasteiger partial charge in [-0.2, -0.15) is 0 Å². The van der Waals surface area contributed by atoms with Crippen LogP contribution in [0.3, 0.4) is 0 Å². The van der Waals surface area contributed by atoms with Crippen molar-refractivity contribution in [2.24, 2.45) is 5.92 Å². The Labute approximate surface area is 102 Å². The van der Waals surface area contributed by atoms with Crippen LogP contribution in [-0.4, -0.2) is 19.0 Å². The first-order valence-electron chi connectivity index (χ1n) is 5.28. The average Bonchev–Trinajstić information content (AvgIpc) is 2.28. The lowest BCUT2D eigenvalue weighted by atomic mass is 10.1. The predicted octanol–water partition coefficient (Wildman–Crippen LogP) is 1.48. The lowest BCUT2D eigenvalue weighted by molar-refractivity contribution is -0.698. The van der Waals surface area contributed by atoms with Gasteiger partial charge in [0.1, 0.15) is 16.7 Å². The molecule has 6 heteroatoms. The van der Waals surface area contributed by atoms with Crippen LogP contribution in [-0.2, 0) is 16.7 Å². The summed E-state index contributed by atoms with van der Waals surface area (Å²) in [6.07, 6.45) is 5.49. The zero-order valence-electron chi connectivity index (χ0n) is 10.0. The fourth-order valence-electron chi connectivity index (χ4n) is 0.991. The molecule has 1 heterocycles. The molecule has 0 radical (unpaired) electrons. The van der Waals surface area contributed by atoms with E-state index in [2.05, 4.69) is 42.9 Å². The quantitative estimate of drug-likeness (QED) is 0.610. The molecule has 17 heavy (non-hydrogen) atoms. The van der Waals surface area contributed by atoms with Crippen LogP contribution >= 0.6 is 0 Å². The van der Waals surface area contributed by atoms with Gasteiger partial charge in [-0.3, -0.25) is 0 Å². The summed E-state index contributed by atoms with van der Waals surface area (Å²) in [5, 5.41) is 0. The largest absolute Gasteiger partial charge is 0.746 e. The van der Waals surface area contributed by atoms with Gasteiger partial charge in [0.25, 0.3) is 0 Å². The third-order valence-electron chi connectivity index (χ3n) is 1.88. The molecule has 0 amide bonds. The Hall–Kier alpha value is -1.01. The molecule has 0 saturated carbocycles. The van der Waals surface area contributed by atoms with Crippen LogP contribution < -0.4 is 4.57 Å². The van der Waals surface area contributed by atoms with Crippen molar-refractivity contribution in [1.82, 2.24) is 0 Å². The maximum Gasteiger partial charge on any atom is 0.179 e. The van der Waals surface area contributed by atoms with E-state index in [1.165, 1.54) is 6.42 Å². The van der Waals surface area contributed by atoms with Crippen molar-refractivity contribution in [3.8, 4) is 0 Å². The molecule has 0 aliphatic carbocycles. The lowest BCUT2D eigenvalue weighted by Crippen LogP contribution is -2.32. The van der Waals surface area contributed by atoms with Gasteiger partial charge >= 0.3 is 0 Å². The summed E-state index contributed by atoms with van der Waals surface area (Å²) in [6.45, 7) is 5.64. The number of pyridine rings is 1. The van der Waals surface area contributed by atoms with Gasteiger partial charge in [-0.05, 0) is 5.92 Å². The summed E-state index contributed by atoms with van der Waals surface area (Å²) in [6, 6.07) is 4.37. The first-order chi connectivity index (χ1) is 7.85. The molecular weight excluding hydrogens is 245 g/mol. The van der Waals surface area contributed by atoms with Gasteiger partial charge in [-0.25, -0.2) is 17.4 Å². The van der Waals surface area contributed by atoms with Gasteiger partial charge < -0.3 is 4.55 Å². The normalized spacial score (nSPS) is 10.9. The van der Waals surface area contributed by atoms with Gasteiger partial charge in [0.15, 0.2) is 18.4 Å². The molecular formula is C11H18FNO3S. The average molecular weight is 263 g/mol. The van der Waals surface area contributed by atoms with E-state index in [-0.39, 0.29) is 0 Å². The number of hydrogen-bond acceptors (Lipinski definition) is 3. The third-order valence-corrected chi connectivity index (χ3v) is 2.14. The Morgan fingerprint density at radius 2 is 1.71 bits per heavy atom. The van der Waals surface area contributed by atoms with Gasteiger partial charge in [0, 0.05) is 18.6 Å². The summed E-state index contributed by atoms with van der Waals surface area (Å²) < 4.78 is 40.0. The van der Waals surface area contributed by atoms with E-state index in [1.54, 1.807) is 0 Å². The van der Waals surface area contributed by atoms with E-state index >= 15 is 0 Å². The van der Waals surface area contributed by atoms with Crippen LogP contribution in [0.4, 0.5) is 4.39 Å². The standard InChI is InChI=1S/C10H16N.CH3FO3S/c1-10(2)6-9-11-7-4-3-5-8-11;2-1-6(3,4)5/h3-5,7-8,10H,6,9H2,1-2H3;1H2,(H,3,4,5)/q+1;/p-1. The number of aromatic nitrogens is 1. The molecule has 0 aromatic carbocycles. The first-order valence-corrected chi connectivity index (χ1v) is 6.86. The minimum Gasteiger partial charge on any atom is -0.746 e. The number of nitrogens with zero attached hydrogens (tertiary/aromatic N) is 1. The summed E-state index contributed by atoms with van der Waals surface area (Å²) >= 11 is 0. The Kier molecular flexibility index (Phi) is 7.65. The Bertz CT molecular complexity index is 392. The molecule has 0 unspecified atom stereocenters. The molecule has 0 bridgehead atoms. The van der Waals surface area contributed by atoms with Crippen LogP contribution in [0.5, 0.6) is 0 Å². The van der Waals surface area contributed by atoms with Crippen LogP contribution in [0.15, 0.2) is 30.6 Å². The van der Waals surface area contributed by atoms with Gasteiger partial charge in [-0.1, -0.05) is 19.9 Å². The highest BCUT2D eigenvalue weighted by Crippen LogP contribution is 1.97. The van der Waals surface area contributed by atoms with Crippen LogP contribution in [0.2, 0.25) is 0 Å². The fraction of sp³-hybridized carbons (Fsp3) is 0.545. The molecule has 0 aliphatic rings. The molecule has 98 valence electrons. The molecule has 0 atom stereocenters. The fourth-order valence-corrected chi connectivity index (χ4v) is 0.991. The zero-order chi connectivity index (χ0) is 13.3. The summed E-state index contributed by atoms with van der Waals surface area (Å²) in [4.78, 5) is 0. The van der Waals surface area contributed by atoms with Crippen molar-refractivity contribution in [3.63, 3.8) is 0 Å². The minimum atomic E-state index is -4.58. The van der Waals surface area contributed by atoms with E-state index < -0.39 is 16.1 Å². The second-order valence-corrected chi connectivity index (χ2v) is 5.30. The first kappa shape index (κ1) is 16.0. The van der Waals surface area contributed by atoms with Crippen molar-refractivity contribution in [3.05, 3.63) is 30.6 Å². The molecule has 0 N–H and O–H groups in total. The highest BCUT2D eigenvalue weighted by molar-refractivity contribution is 7.85. The Balaban J connectivity index is 0.000000366. The van der Waals surface area contributed by atoms with E-state index in [9.17, 15) is 4.39 Å². The Morgan fingerprint density at radius 1 is 1.24 bits per heavy atom. The number of aryl methyl sites for hydroxylation is 1. The van der Waals surface area contributed by atoms with Crippen molar-refractivity contribution in [1.29, 1.82) is 0 Å². The van der Waals surface area contributed by atoms with Gasteiger partial charge in [0.2, 0.25) is 0 Å². The van der Waals surface area contributed by atoms with Gasteiger partial charge in [-0.15, -0.1) is 0 Å². The SMILES string of the molecule is CC(C)CC[n+]1ccccc1.O=S(=O)([O-])CF. The smallest absolute Gasteiger partial charge is 0.179 e. The monoisotopic (exact) mass is 263 g/mol. The molecule has 0 fully saturated rings. The van der Waals surface area contributed by atoms with Crippen LogP contribution in [0.1, 0.15) is 20.3 Å². The Morgan fingerprint density at radius 3 is 2.06 bits per heavy atom. The maximum atomic E-state index is 10.6. The van der Waals surface area contributed by atoms with E-state index in [1.807, 2.05) is 6.07 Å². The number of alkyl halides is 1. The molecule has 4 nitrogen and oxygen atoms in total. The van der Waals surface area contributed by atoms with E-state index in [0.29, 0.717) is 0 Å². The summed E-state index contributed by atoms with van der Waals surface area (Å²) in [5.74, 6) is 0.794. The zero-order valence-corrected chi connectivity index (χ0v) is 10.9. The molecule has 1 rings (SSSR count). The molecule has 1 aromatic rings. The summed E-state index contributed by atoms with van der Waals surface area (Å²) in [5.41, 5.74) is 0. The van der Waals surface area contributed by atoms with Crippen molar-refractivity contribution in [2.45, 2.75) is 26.8 Å². The summed E-state index contributed by atoms with van der Waals surface area (Å²) in [7, 11) is -4.58. The van der Waals surface area contributed by atoms with E-state index in [0.717, 1.165) is 12.5 Å². The predicted molar refractivity (Wildman–Crippen MR) is 61.8 cm³/mol. The second-order valence-electron chi connectivity index (χ2n) is 3.96. The molecule has 0 saturated heterocycles. The minimum absolute atomic E-state index is 0.794. The van der Waals surface area contributed by atoms with Crippen molar-refractivity contribution in [2.75, 3.05) is 6.01 Å². The number of halogens is 1. The molecule has 0 spiro atoms. The van der Waals surface area contributed by atoms with Crippen LogP contribution in [0.25, 0.3) is 0 Å². The number of hydrogen-bond donors (Lipinski definition) is 0. The topological polar surface area (TPSA) is 61.1 Å². The molecule has 1 aromatic heterocycles.